The number of carbonyl (C=O) groups excluding carboxylic acids is 1. The van der Waals surface area contributed by atoms with Crippen LogP contribution in [0.5, 0.6) is 0 Å². The zero-order valence-electron chi connectivity index (χ0n) is 18.1. The third kappa shape index (κ3) is 3.29. The molecule has 3 atom stereocenters. The summed E-state index contributed by atoms with van der Waals surface area (Å²) in [6.45, 7) is 11.8. The van der Waals surface area contributed by atoms with Crippen molar-refractivity contribution in [2.75, 3.05) is 6.61 Å². The number of fused-ring (bicyclic) bond motifs is 3. The van der Waals surface area contributed by atoms with Crippen LogP contribution in [0.15, 0.2) is 12.0 Å². The number of cyclic esters (lactones) is 1. The number of hydrogen-bond acceptors (Lipinski definition) is 3. The monoisotopic (exact) mass is 375 g/mol. The summed E-state index contributed by atoms with van der Waals surface area (Å²) in [5, 5.41) is 0. The Hall–Kier alpha value is -1.13. The van der Waals surface area contributed by atoms with Crippen LogP contribution in [-0.4, -0.2) is 30.1 Å². The van der Waals surface area contributed by atoms with E-state index in [2.05, 4.69) is 27.7 Å². The molecule has 1 saturated heterocycles. The van der Waals surface area contributed by atoms with Crippen LogP contribution in [0.1, 0.15) is 79.6 Å². The van der Waals surface area contributed by atoms with Crippen molar-refractivity contribution in [1.82, 2.24) is 4.90 Å². The molecule has 0 N–H and O–H groups in total. The maximum atomic E-state index is 12.9. The van der Waals surface area contributed by atoms with Crippen LogP contribution in [0.3, 0.4) is 0 Å². The van der Waals surface area contributed by atoms with Crippen molar-refractivity contribution >= 4 is 13.0 Å². The lowest BCUT2D eigenvalue weighted by Crippen LogP contribution is -2.60. The Morgan fingerprint density at radius 3 is 2.37 bits per heavy atom. The maximum absolute atomic E-state index is 12.9. The fraction of sp³-hybridized carbons (Fsp3) is 0.864. The first-order chi connectivity index (χ1) is 12.9. The first-order valence-corrected chi connectivity index (χ1v) is 11.2. The fourth-order valence-corrected chi connectivity index (χ4v) is 6.02. The third-order valence-corrected chi connectivity index (χ3v) is 7.76. The molecule has 0 unspecified atom stereocenters. The predicted molar refractivity (Wildman–Crippen MR) is 111 cm³/mol. The molecule has 0 aromatic carbocycles. The van der Waals surface area contributed by atoms with Crippen molar-refractivity contribution < 1.29 is 14.2 Å². The average Bonchev–Trinajstić information content (AvgIpc) is 3.31. The highest BCUT2D eigenvalue weighted by Gasteiger charge is 2.70. The van der Waals surface area contributed by atoms with Gasteiger partial charge in [-0.3, -0.25) is 0 Å². The molecule has 1 aliphatic heterocycles. The van der Waals surface area contributed by atoms with Gasteiger partial charge in [-0.1, -0.05) is 53.4 Å². The zero-order valence-corrected chi connectivity index (χ0v) is 18.1. The summed E-state index contributed by atoms with van der Waals surface area (Å²) in [5.41, 5.74) is -0.184. The highest BCUT2D eigenvalue weighted by atomic mass is 16.6. The van der Waals surface area contributed by atoms with Gasteiger partial charge in [0, 0.05) is 0 Å². The van der Waals surface area contributed by atoms with Crippen molar-refractivity contribution in [3.8, 4) is 0 Å². The lowest BCUT2D eigenvalue weighted by molar-refractivity contribution is -0.0142. The third-order valence-electron chi connectivity index (χ3n) is 7.76. The van der Waals surface area contributed by atoms with Gasteiger partial charge in [0.25, 0.3) is 0 Å². The molecule has 1 spiro atoms. The molecule has 3 rings (SSSR count). The normalized spacial score (nSPS) is 31.7. The molecule has 2 aliphatic carbocycles. The van der Waals surface area contributed by atoms with E-state index in [1.807, 2.05) is 17.9 Å². The first-order valence-electron chi connectivity index (χ1n) is 11.2. The molecule has 27 heavy (non-hydrogen) atoms. The molecule has 0 radical (unpaired) electrons. The van der Waals surface area contributed by atoms with Gasteiger partial charge in [-0.15, -0.1) is 0 Å². The summed E-state index contributed by atoms with van der Waals surface area (Å²) in [5.74, 6) is 1.93. The molecule has 0 aromatic heterocycles. The van der Waals surface area contributed by atoms with Gasteiger partial charge < -0.3 is 9.39 Å². The standard InChI is InChI=1S/C22H38BNO3/c1-6-9-13-23(14-10-7-2)27-19(8-3)24-20(25)26-16-22(24)18-12-11-17(15-18)21(22,4)5/h8,17-18H,6-7,9-16H2,1-5H3/b19-8-/t17-,18+,22-/m0/s1. The molecule has 2 bridgehead atoms. The van der Waals surface area contributed by atoms with Crippen LogP contribution >= 0.6 is 0 Å². The summed E-state index contributed by atoms with van der Waals surface area (Å²) < 4.78 is 12.2. The minimum absolute atomic E-state index is 0.0576. The highest BCUT2D eigenvalue weighted by Crippen LogP contribution is 2.65. The average molecular weight is 375 g/mol. The second-order valence-corrected chi connectivity index (χ2v) is 9.39. The van der Waals surface area contributed by atoms with E-state index in [0.29, 0.717) is 18.4 Å². The number of carbonyl (C=O) groups is 1. The fourth-order valence-electron chi connectivity index (χ4n) is 6.02. The number of allylic oxidation sites excluding steroid dienone is 1. The maximum Gasteiger partial charge on any atom is 0.417 e. The van der Waals surface area contributed by atoms with Gasteiger partial charge in [0.1, 0.15) is 6.61 Å². The van der Waals surface area contributed by atoms with E-state index in [-0.39, 0.29) is 24.0 Å². The molecule has 3 aliphatic rings. The van der Waals surface area contributed by atoms with Crippen LogP contribution in [0.25, 0.3) is 0 Å². The largest absolute Gasteiger partial charge is 0.549 e. The Labute approximate surface area is 166 Å². The van der Waals surface area contributed by atoms with Gasteiger partial charge in [0.15, 0.2) is 5.88 Å². The Bertz CT molecular complexity index is 568. The van der Waals surface area contributed by atoms with E-state index in [1.54, 1.807) is 0 Å². The molecule has 2 saturated carbocycles. The van der Waals surface area contributed by atoms with Crippen LogP contribution in [0.2, 0.25) is 12.6 Å². The van der Waals surface area contributed by atoms with Crippen molar-refractivity contribution in [1.29, 1.82) is 0 Å². The lowest BCUT2D eigenvalue weighted by atomic mass is 9.59. The number of amides is 1. The summed E-state index contributed by atoms with van der Waals surface area (Å²) in [7, 11) is 0. The van der Waals surface area contributed by atoms with Gasteiger partial charge >= 0.3 is 13.0 Å². The molecule has 3 fully saturated rings. The van der Waals surface area contributed by atoms with Gasteiger partial charge in [0.2, 0.25) is 0 Å². The van der Waals surface area contributed by atoms with Gasteiger partial charge in [-0.2, -0.15) is 0 Å². The molecule has 1 heterocycles. The zero-order chi connectivity index (χ0) is 19.7. The Morgan fingerprint density at radius 2 is 1.85 bits per heavy atom. The van der Waals surface area contributed by atoms with E-state index in [4.69, 9.17) is 9.39 Å². The number of unbranched alkanes of at least 4 members (excludes halogenated alkanes) is 2. The van der Waals surface area contributed by atoms with E-state index < -0.39 is 0 Å². The Morgan fingerprint density at radius 1 is 1.22 bits per heavy atom. The molecule has 0 aromatic rings. The van der Waals surface area contributed by atoms with E-state index in [0.717, 1.165) is 31.4 Å². The smallest absolute Gasteiger partial charge is 0.417 e. The van der Waals surface area contributed by atoms with Gasteiger partial charge in [0.05, 0.1) is 5.54 Å². The summed E-state index contributed by atoms with van der Waals surface area (Å²) in [4.78, 5) is 14.8. The Balaban J connectivity index is 1.85. The minimum Gasteiger partial charge on any atom is -0.549 e. The van der Waals surface area contributed by atoms with E-state index in [1.165, 1.54) is 32.1 Å². The number of rotatable bonds is 9. The van der Waals surface area contributed by atoms with E-state index >= 15 is 0 Å². The second-order valence-electron chi connectivity index (χ2n) is 9.39. The molecule has 152 valence electrons. The molecule has 4 nitrogen and oxygen atoms in total. The SMILES string of the molecule is C/C=C(\OB(CCCC)CCCC)N1C(=O)OC[C@@]12[C@@H]1CC[C@@H](C1)C2(C)C. The van der Waals surface area contributed by atoms with Crippen molar-refractivity contribution in [2.24, 2.45) is 17.3 Å². The van der Waals surface area contributed by atoms with Crippen LogP contribution in [0, 0.1) is 17.3 Å². The molecular weight excluding hydrogens is 337 g/mol. The summed E-state index contributed by atoms with van der Waals surface area (Å²) in [6.07, 6.45) is 12.2. The van der Waals surface area contributed by atoms with Crippen molar-refractivity contribution in [3.63, 3.8) is 0 Å². The van der Waals surface area contributed by atoms with Gasteiger partial charge in [-0.05, 0) is 62.2 Å². The second kappa shape index (κ2) is 8.09. The summed E-state index contributed by atoms with van der Waals surface area (Å²) >= 11 is 0. The lowest BCUT2D eigenvalue weighted by Gasteiger charge is -2.50. The predicted octanol–water partition coefficient (Wildman–Crippen LogP) is 6.10. The molecule has 5 heteroatoms. The Kier molecular flexibility index (Phi) is 6.17. The minimum atomic E-state index is -0.241. The van der Waals surface area contributed by atoms with Gasteiger partial charge in [-0.25, -0.2) is 9.69 Å². The number of hydrogen-bond donors (Lipinski definition) is 0. The number of nitrogens with zero attached hydrogens (tertiary/aromatic N) is 1. The molecular formula is C22H38BNO3. The quantitative estimate of drug-likeness (QED) is 0.361. The summed E-state index contributed by atoms with van der Waals surface area (Å²) in [6, 6.07) is 0. The van der Waals surface area contributed by atoms with Crippen molar-refractivity contribution in [3.05, 3.63) is 12.0 Å². The molecule has 1 amide bonds. The number of ether oxygens (including phenoxy) is 1. The highest BCUT2D eigenvalue weighted by molar-refractivity contribution is 6.52. The van der Waals surface area contributed by atoms with E-state index in [9.17, 15) is 4.79 Å². The van der Waals surface area contributed by atoms with Crippen LogP contribution < -0.4 is 0 Å². The first kappa shape index (κ1) is 20.6. The van der Waals surface area contributed by atoms with Crippen molar-refractivity contribution in [2.45, 2.75) is 97.7 Å². The van der Waals surface area contributed by atoms with Crippen LogP contribution in [-0.2, 0) is 9.39 Å². The van der Waals surface area contributed by atoms with Crippen LogP contribution in [0.4, 0.5) is 4.79 Å². The topological polar surface area (TPSA) is 38.8 Å².